The maximum Gasteiger partial charge on any atom is 0.417 e. The van der Waals surface area contributed by atoms with Gasteiger partial charge in [0, 0.05) is 37.0 Å². The van der Waals surface area contributed by atoms with Gasteiger partial charge in [-0.2, -0.15) is 13.2 Å². The van der Waals surface area contributed by atoms with E-state index in [2.05, 4.69) is 4.98 Å². The smallest absolute Gasteiger partial charge is 0.417 e. The number of hydrogen-bond donors (Lipinski definition) is 1. The SMILES string of the molecule is O=C(C(O)c1ccc(F)cc1)N(CCc1ccc(C(F)(F)F)cn1)c1ccc2c(c1)CCO2. The Bertz CT molecular complexity index is 1130. The van der Waals surface area contributed by atoms with Crippen LogP contribution in [0.3, 0.4) is 0 Å². The summed E-state index contributed by atoms with van der Waals surface area (Å²) >= 11 is 0. The largest absolute Gasteiger partial charge is 0.493 e. The van der Waals surface area contributed by atoms with Gasteiger partial charge in [-0.3, -0.25) is 9.78 Å². The highest BCUT2D eigenvalue weighted by atomic mass is 19.4. The molecule has 0 saturated carbocycles. The Labute approximate surface area is 187 Å². The first kappa shape index (κ1) is 22.7. The molecule has 0 aliphatic carbocycles. The Morgan fingerprint density at radius 3 is 2.55 bits per heavy atom. The summed E-state index contributed by atoms with van der Waals surface area (Å²) in [4.78, 5) is 18.4. The zero-order valence-electron chi connectivity index (χ0n) is 17.3. The van der Waals surface area contributed by atoms with Gasteiger partial charge in [0.05, 0.1) is 12.2 Å². The lowest BCUT2D eigenvalue weighted by molar-refractivity contribution is -0.137. The van der Waals surface area contributed by atoms with Gasteiger partial charge in [-0.05, 0) is 53.6 Å². The fraction of sp³-hybridized carbons (Fsp3) is 0.250. The molecule has 0 saturated heterocycles. The van der Waals surface area contributed by atoms with Crippen LogP contribution < -0.4 is 9.64 Å². The lowest BCUT2D eigenvalue weighted by Gasteiger charge is -2.26. The number of alkyl halides is 3. The van der Waals surface area contributed by atoms with Gasteiger partial charge in [0.1, 0.15) is 11.6 Å². The Kier molecular flexibility index (Phi) is 6.33. The summed E-state index contributed by atoms with van der Waals surface area (Å²) in [6.07, 6.45) is -4.45. The predicted molar refractivity (Wildman–Crippen MR) is 112 cm³/mol. The van der Waals surface area contributed by atoms with E-state index in [1.807, 2.05) is 0 Å². The number of benzene rings is 2. The Balaban J connectivity index is 1.58. The van der Waals surface area contributed by atoms with E-state index in [-0.39, 0.29) is 18.5 Å². The molecule has 1 N–H and O–H groups in total. The van der Waals surface area contributed by atoms with Crippen LogP contribution >= 0.6 is 0 Å². The maximum absolute atomic E-state index is 13.2. The monoisotopic (exact) mass is 460 g/mol. The summed E-state index contributed by atoms with van der Waals surface area (Å²) in [5, 5.41) is 10.6. The average molecular weight is 460 g/mol. The summed E-state index contributed by atoms with van der Waals surface area (Å²) in [6, 6.07) is 12.3. The maximum atomic E-state index is 13.2. The second kappa shape index (κ2) is 9.19. The van der Waals surface area contributed by atoms with Crippen LogP contribution in [0.4, 0.5) is 23.2 Å². The number of aliphatic hydroxyl groups excluding tert-OH is 1. The van der Waals surface area contributed by atoms with Crippen molar-refractivity contribution in [2.75, 3.05) is 18.1 Å². The first-order valence-corrected chi connectivity index (χ1v) is 10.2. The summed E-state index contributed by atoms with van der Waals surface area (Å²) < 4.78 is 57.1. The van der Waals surface area contributed by atoms with Crippen molar-refractivity contribution in [3.63, 3.8) is 0 Å². The van der Waals surface area contributed by atoms with E-state index in [9.17, 15) is 27.5 Å². The van der Waals surface area contributed by atoms with E-state index in [0.717, 1.165) is 35.7 Å². The fourth-order valence-electron chi connectivity index (χ4n) is 3.61. The highest BCUT2D eigenvalue weighted by Gasteiger charge is 2.31. The highest BCUT2D eigenvalue weighted by Crippen LogP contribution is 2.31. The first-order chi connectivity index (χ1) is 15.7. The van der Waals surface area contributed by atoms with Crippen molar-refractivity contribution >= 4 is 11.6 Å². The number of halogens is 4. The van der Waals surface area contributed by atoms with E-state index in [4.69, 9.17) is 4.74 Å². The van der Waals surface area contributed by atoms with E-state index in [0.29, 0.717) is 24.4 Å². The van der Waals surface area contributed by atoms with Crippen LogP contribution in [0.25, 0.3) is 0 Å². The average Bonchev–Trinajstić information content (AvgIpc) is 3.27. The Morgan fingerprint density at radius 1 is 1.12 bits per heavy atom. The van der Waals surface area contributed by atoms with Gasteiger partial charge in [-0.1, -0.05) is 12.1 Å². The van der Waals surface area contributed by atoms with Crippen LogP contribution in [0, 0.1) is 5.82 Å². The first-order valence-electron chi connectivity index (χ1n) is 10.2. The van der Waals surface area contributed by atoms with Crippen molar-refractivity contribution in [3.05, 3.63) is 89.0 Å². The molecule has 0 radical (unpaired) electrons. The molecular formula is C24H20F4N2O3. The Morgan fingerprint density at radius 2 is 1.88 bits per heavy atom. The quantitative estimate of drug-likeness (QED) is 0.551. The van der Waals surface area contributed by atoms with E-state index >= 15 is 0 Å². The van der Waals surface area contributed by atoms with Crippen LogP contribution in [0.1, 0.15) is 28.5 Å². The number of carbonyl (C=O) groups excluding carboxylic acids is 1. The van der Waals surface area contributed by atoms with E-state index in [1.54, 1.807) is 18.2 Å². The normalized spacial score (nSPS) is 13.8. The van der Waals surface area contributed by atoms with Crippen molar-refractivity contribution in [2.24, 2.45) is 0 Å². The standard InChI is InChI=1S/C24H20F4N2O3/c25-18-4-1-15(2-5-18)22(31)23(32)30(20-7-8-21-16(13-20)10-12-33-21)11-9-19-6-3-17(14-29-19)24(26,27)28/h1-8,13-14,22,31H,9-12H2. The molecule has 1 aromatic heterocycles. The number of anilines is 1. The fourth-order valence-corrected chi connectivity index (χ4v) is 3.61. The van der Waals surface area contributed by atoms with Crippen LogP contribution in [0.15, 0.2) is 60.8 Å². The molecule has 1 atom stereocenters. The van der Waals surface area contributed by atoms with Crippen LogP contribution in [0.2, 0.25) is 0 Å². The summed E-state index contributed by atoms with van der Waals surface area (Å²) in [5.74, 6) is -0.427. The van der Waals surface area contributed by atoms with E-state index in [1.165, 1.54) is 23.1 Å². The number of hydrogen-bond acceptors (Lipinski definition) is 4. The number of nitrogens with zero attached hydrogens (tertiary/aromatic N) is 2. The number of pyridine rings is 1. The molecule has 2 aromatic carbocycles. The topological polar surface area (TPSA) is 62.7 Å². The van der Waals surface area contributed by atoms with Crippen LogP contribution in [0.5, 0.6) is 5.75 Å². The minimum atomic E-state index is -4.49. The molecule has 33 heavy (non-hydrogen) atoms. The Hall–Kier alpha value is -3.46. The molecule has 9 heteroatoms. The summed E-state index contributed by atoms with van der Waals surface area (Å²) in [5.41, 5.74) is 1.15. The molecule has 4 rings (SSSR count). The molecule has 0 fully saturated rings. The molecular weight excluding hydrogens is 440 g/mol. The number of ether oxygens (including phenoxy) is 1. The minimum absolute atomic E-state index is 0.0646. The molecule has 0 bridgehead atoms. The summed E-state index contributed by atoms with van der Waals surface area (Å²) in [7, 11) is 0. The number of aromatic nitrogens is 1. The van der Waals surface area contributed by atoms with Gasteiger partial charge in [-0.15, -0.1) is 0 Å². The zero-order valence-corrected chi connectivity index (χ0v) is 17.3. The van der Waals surface area contributed by atoms with Crippen molar-refractivity contribution in [3.8, 4) is 5.75 Å². The molecule has 172 valence electrons. The molecule has 2 heterocycles. The van der Waals surface area contributed by atoms with Crippen molar-refractivity contribution in [1.82, 2.24) is 4.98 Å². The van der Waals surface area contributed by atoms with Gasteiger partial charge in [-0.25, -0.2) is 4.39 Å². The van der Waals surface area contributed by atoms with Gasteiger partial charge >= 0.3 is 6.18 Å². The minimum Gasteiger partial charge on any atom is -0.493 e. The molecule has 5 nitrogen and oxygen atoms in total. The zero-order chi connectivity index (χ0) is 23.6. The van der Waals surface area contributed by atoms with Crippen molar-refractivity contribution < 1.29 is 32.2 Å². The molecule has 3 aromatic rings. The lowest BCUT2D eigenvalue weighted by Crippen LogP contribution is -2.37. The van der Waals surface area contributed by atoms with E-state index < -0.39 is 29.6 Å². The third kappa shape index (κ3) is 5.14. The van der Waals surface area contributed by atoms with Gasteiger partial charge in [0.15, 0.2) is 6.10 Å². The number of rotatable bonds is 6. The number of aliphatic hydroxyl groups is 1. The van der Waals surface area contributed by atoms with Gasteiger partial charge in [0.2, 0.25) is 0 Å². The molecule has 0 spiro atoms. The highest BCUT2D eigenvalue weighted by molar-refractivity contribution is 5.97. The molecule has 1 aliphatic heterocycles. The van der Waals surface area contributed by atoms with Crippen molar-refractivity contribution in [2.45, 2.75) is 25.1 Å². The van der Waals surface area contributed by atoms with Crippen LogP contribution in [-0.2, 0) is 23.8 Å². The van der Waals surface area contributed by atoms with Gasteiger partial charge in [0.25, 0.3) is 5.91 Å². The number of carbonyl (C=O) groups is 1. The molecule has 1 aliphatic rings. The third-order valence-corrected chi connectivity index (χ3v) is 5.41. The van der Waals surface area contributed by atoms with Crippen LogP contribution in [-0.4, -0.2) is 29.1 Å². The molecule has 1 amide bonds. The molecule has 1 unspecified atom stereocenters. The number of fused-ring (bicyclic) bond motifs is 1. The predicted octanol–water partition coefficient (Wildman–Crippen LogP) is 4.48. The number of amides is 1. The second-order valence-corrected chi connectivity index (χ2v) is 7.62. The second-order valence-electron chi connectivity index (χ2n) is 7.62. The third-order valence-electron chi connectivity index (χ3n) is 5.41. The summed E-state index contributed by atoms with van der Waals surface area (Å²) in [6.45, 7) is 0.593. The van der Waals surface area contributed by atoms with Crippen molar-refractivity contribution in [1.29, 1.82) is 0 Å². The van der Waals surface area contributed by atoms with Gasteiger partial charge < -0.3 is 14.7 Å². The lowest BCUT2D eigenvalue weighted by atomic mass is 10.1.